The lowest BCUT2D eigenvalue weighted by Crippen LogP contribution is -2.48. The minimum atomic E-state index is 0.109. The molecule has 1 aromatic carbocycles. The summed E-state index contributed by atoms with van der Waals surface area (Å²) in [5.74, 6) is 1.75. The Morgan fingerprint density at radius 3 is 2.90 bits per heavy atom. The molecule has 0 aromatic heterocycles. The summed E-state index contributed by atoms with van der Waals surface area (Å²) in [5.41, 5.74) is 1.26. The number of rotatable bonds is 5. The van der Waals surface area contributed by atoms with Gasteiger partial charge in [0.05, 0.1) is 18.8 Å². The van der Waals surface area contributed by atoms with Gasteiger partial charge in [0.15, 0.2) is 11.5 Å². The summed E-state index contributed by atoms with van der Waals surface area (Å²) in [5, 5.41) is 0.775. The zero-order valence-electron chi connectivity index (χ0n) is 12.6. The van der Waals surface area contributed by atoms with Crippen LogP contribution in [0.4, 0.5) is 0 Å². The van der Waals surface area contributed by atoms with Gasteiger partial charge in [0, 0.05) is 23.7 Å². The van der Waals surface area contributed by atoms with Crippen LogP contribution >= 0.6 is 15.9 Å². The van der Waals surface area contributed by atoms with Crippen LogP contribution in [0.25, 0.3) is 0 Å². The van der Waals surface area contributed by atoms with E-state index >= 15 is 0 Å². The van der Waals surface area contributed by atoms with E-state index in [0.717, 1.165) is 41.8 Å². The Hall–Kier alpha value is -0.740. The lowest BCUT2D eigenvalue weighted by molar-refractivity contribution is -0.153. The molecule has 2 aliphatic rings. The van der Waals surface area contributed by atoms with Gasteiger partial charge in [-0.2, -0.15) is 0 Å². The first-order chi connectivity index (χ1) is 10.3. The molecule has 2 fully saturated rings. The molecule has 3 rings (SSSR count). The van der Waals surface area contributed by atoms with E-state index in [0.29, 0.717) is 6.61 Å². The average molecular weight is 355 g/mol. The van der Waals surface area contributed by atoms with Gasteiger partial charge in [-0.05, 0) is 32.3 Å². The first kappa shape index (κ1) is 15.2. The third kappa shape index (κ3) is 3.21. The van der Waals surface area contributed by atoms with Gasteiger partial charge in [-0.15, -0.1) is 0 Å². The summed E-state index contributed by atoms with van der Waals surface area (Å²) in [6.45, 7) is 3.47. The lowest BCUT2D eigenvalue weighted by Gasteiger charge is -2.47. The van der Waals surface area contributed by atoms with Crippen LogP contribution in [0, 0.1) is 0 Å². The van der Waals surface area contributed by atoms with E-state index in [1.807, 2.05) is 19.1 Å². The molecule has 1 unspecified atom stereocenters. The van der Waals surface area contributed by atoms with Crippen LogP contribution in [0.15, 0.2) is 18.2 Å². The van der Waals surface area contributed by atoms with Crippen molar-refractivity contribution in [3.8, 4) is 11.5 Å². The molecule has 0 bridgehead atoms. The first-order valence-electron chi connectivity index (χ1n) is 7.87. The molecule has 1 aromatic rings. The highest BCUT2D eigenvalue weighted by Gasteiger charge is 2.43. The standard InChI is InChI=1S/C17H23BrO3/c1-2-19-15-6-3-5-13(12-18)16(15)21-14-7-10-20-17(11-14)8-4-9-17/h3,5-6,14H,2,4,7-12H2,1H3. The van der Waals surface area contributed by atoms with Crippen molar-refractivity contribution in [2.45, 2.75) is 56.1 Å². The number of hydrogen-bond donors (Lipinski definition) is 0. The van der Waals surface area contributed by atoms with Crippen LogP contribution in [0.2, 0.25) is 0 Å². The second-order valence-corrected chi connectivity index (χ2v) is 6.49. The van der Waals surface area contributed by atoms with Crippen molar-refractivity contribution in [2.75, 3.05) is 13.2 Å². The van der Waals surface area contributed by atoms with Crippen molar-refractivity contribution in [2.24, 2.45) is 0 Å². The average Bonchev–Trinajstić information content (AvgIpc) is 2.48. The molecule has 1 heterocycles. The maximum atomic E-state index is 6.36. The van der Waals surface area contributed by atoms with Crippen LogP contribution in [-0.4, -0.2) is 24.9 Å². The highest BCUT2D eigenvalue weighted by molar-refractivity contribution is 9.08. The molecule has 0 N–H and O–H groups in total. The molecule has 1 aliphatic heterocycles. The van der Waals surface area contributed by atoms with Crippen molar-refractivity contribution < 1.29 is 14.2 Å². The van der Waals surface area contributed by atoms with Crippen LogP contribution < -0.4 is 9.47 Å². The molecular weight excluding hydrogens is 332 g/mol. The van der Waals surface area contributed by atoms with Crippen molar-refractivity contribution >= 4 is 15.9 Å². The highest BCUT2D eigenvalue weighted by Crippen LogP contribution is 2.44. The quantitative estimate of drug-likeness (QED) is 0.730. The van der Waals surface area contributed by atoms with Gasteiger partial charge in [0.25, 0.3) is 0 Å². The van der Waals surface area contributed by atoms with E-state index in [-0.39, 0.29) is 11.7 Å². The predicted molar refractivity (Wildman–Crippen MR) is 86.4 cm³/mol. The molecule has 1 spiro atoms. The van der Waals surface area contributed by atoms with Crippen molar-refractivity contribution in [3.63, 3.8) is 0 Å². The van der Waals surface area contributed by atoms with Gasteiger partial charge in [-0.3, -0.25) is 0 Å². The van der Waals surface area contributed by atoms with E-state index in [4.69, 9.17) is 14.2 Å². The van der Waals surface area contributed by atoms with Gasteiger partial charge in [0.2, 0.25) is 0 Å². The summed E-state index contributed by atoms with van der Waals surface area (Å²) in [7, 11) is 0. The minimum absolute atomic E-state index is 0.109. The Morgan fingerprint density at radius 2 is 2.24 bits per heavy atom. The van der Waals surface area contributed by atoms with Crippen LogP contribution in [-0.2, 0) is 10.1 Å². The predicted octanol–water partition coefficient (Wildman–Crippen LogP) is 4.46. The molecule has 1 aliphatic carbocycles. The van der Waals surface area contributed by atoms with Gasteiger partial charge in [0.1, 0.15) is 6.10 Å². The third-order valence-corrected chi connectivity index (χ3v) is 5.11. The fourth-order valence-corrected chi connectivity index (χ4v) is 3.68. The van der Waals surface area contributed by atoms with Gasteiger partial charge >= 0.3 is 0 Å². The number of ether oxygens (including phenoxy) is 3. The van der Waals surface area contributed by atoms with E-state index in [2.05, 4.69) is 22.0 Å². The number of hydrogen-bond acceptors (Lipinski definition) is 3. The first-order valence-corrected chi connectivity index (χ1v) is 9.00. The zero-order valence-corrected chi connectivity index (χ0v) is 14.2. The van der Waals surface area contributed by atoms with E-state index in [1.54, 1.807) is 0 Å². The Kier molecular flexibility index (Phi) is 4.75. The lowest BCUT2D eigenvalue weighted by atomic mass is 9.74. The normalized spacial score (nSPS) is 23.6. The molecule has 1 saturated heterocycles. The minimum Gasteiger partial charge on any atom is -0.490 e. The highest BCUT2D eigenvalue weighted by atomic mass is 79.9. The van der Waals surface area contributed by atoms with Crippen LogP contribution in [0.1, 0.15) is 44.6 Å². The summed E-state index contributed by atoms with van der Waals surface area (Å²) < 4.78 is 18.1. The Balaban J connectivity index is 1.76. The van der Waals surface area contributed by atoms with Crippen molar-refractivity contribution in [3.05, 3.63) is 23.8 Å². The Bertz CT molecular complexity index is 485. The van der Waals surface area contributed by atoms with E-state index in [1.165, 1.54) is 19.3 Å². The molecule has 1 saturated carbocycles. The molecule has 1 atom stereocenters. The summed E-state index contributed by atoms with van der Waals surface area (Å²) in [6, 6.07) is 6.10. The molecule has 21 heavy (non-hydrogen) atoms. The Morgan fingerprint density at radius 1 is 1.38 bits per heavy atom. The van der Waals surface area contributed by atoms with Crippen LogP contribution in [0.5, 0.6) is 11.5 Å². The SMILES string of the molecule is CCOc1cccc(CBr)c1OC1CCOC2(CCC2)C1. The molecule has 0 amide bonds. The number of benzene rings is 1. The summed E-state index contributed by atoms with van der Waals surface area (Å²) in [6.07, 6.45) is 5.86. The maximum absolute atomic E-state index is 6.36. The van der Waals surface area contributed by atoms with Gasteiger partial charge < -0.3 is 14.2 Å². The topological polar surface area (TPSA) is 27.7 Å². The van der Waals surface area contributed by atoms with E-state index < -0.39 is 0 Å². The maximum Gasteiger partial charge on any atom is 0.165 e. The summed E-state index contributed by atoms with van der Waals surface area (Å²) >= 11 is 3.55. The van der Waals surface area contributed by atoms with E-state index in [9.17, 15) is 0 Å². The monoisotopic (exact) mass is 354 g/mol. The zero-order chi connectivity index (χ0) is 14.7. The number of alkyl halides is 1. The van der Waals surface area contributed by atoms with Crippen molar-refractivity contribution in [1.82, 2.24) is 0 Å². The number of halogens is 1. The fourth-order valence-electron chi connectivity index (χ4n) is 3.24. The second kappa shape index (κ2) is 6.57. The molecule has 4 heteroatoms. The Labute approximate surface area is 135 Å². The molecule has 0 radical (unpaired) electrons. The molecule has 116 valence electrons. The summed E-state index contributed by atoms with van der Waals surface area (Å²) in [4.78, 5) is 0. The third-order valence-electron chi connectivity index (χ3n) is 4.50. The fraction of sp³-hybridized carbons (Fsp3) is 0.647. The smallest absolute Gasteiger partial charge is 0.165 e. The largest absolute Gasteiger partial charge is 0.490 e. The number of para-hydroxylation sites is 1. The van der Waals surface area contributed by atoms with Crippen molar-refractivity contribution in [1.29, 1.82) is 0 Å². The second-order valence-electron chi connectivity index (χ2n) is 5.93. The molecular formula is C17H23BrO3. The van der Waals surface area contributed by atoms with Crippen LogP contribution in [0.3, 0.4) is 0 Å². The van der Waals surface area contributed by atoms with Gasteiger partial charge in [-0.25, -0.2) is 0 Å². The molecule has 3 nitrogen and oxygen atoms in total. The van der Waals surface area contributed by atoms with Gasteiger partial charge in [-0.1, -0.05) is 28.1 Å².